The normalized spacial score (nSPS) is 18.5. The number of carbonyl (C=O) groups excluding carboxylic acids is 2. The number of anilines is 2. The zero-order valence-electron chi connectivity index (χ0n) is 14.0. The molecule has 0 aliphatic carbocycles. The van der Waals surface area contributed by atoms with Crippen molar-refractivity contribution in [3.8, 4) is 0 Å². The molecule has 0 radical (unpaired) electrons. The van der Waals surface area contributed by atoms with Gasteiger partial charge in [-0.05, 0) is 42.3 Å². The molecule has 26 heavy (non-hydrogen) atoms. The highest BCUT2D eigenvalue weighted by atomic mass is 32.2. The Morgan fingerprint density at radius 3 is 3.00 bits per heavy atom. The molecule has 2 aromatic rings. The number of halogens is 1. The van der Waals surface area contributed by atoms with Crippen LogP contribution < -0.4 is 16.0 Å². The molecule has 2 aliphatic rings. The lowest BCUT2D eigenvalue weighted by atomic mass is 9.99. The molecule has 2 amide bonds. The van der Waals surface area contributed by atoms with Crippen molar-refractivity contribution in [3.63, 3.8) is 0 Å². The van der Waals surface area contributed by atoms with Crippen molar-refractivity contribution in [1.82, 2.24) is 5.32 Å². The summed E-state index contributed by atoms with van der Waals surface area (Å²) in [6, 6.07) is 10.9. The van der Waals surface area contributed by atoms with Gasteiger partial charge in [-0.15, -0.1) is 11.8 Å². The predicted molar refractivity (Wildman–Crippen MR) is 99.8 cm³/mol. The standard InChI is InChI=1S/C19H18FN3O2S/c20-18-12-7-8-21-10-11(12)5-6-14(18)22-17(24)9-16-19(25)23-13-3-1-2-4-15(13)26-16/h1-6,16,21H,7-10H2,(H,22,24)(H,23,25). The number of nitrogens with one attached hydrogen (secondary N) is 3. The topological polar surface area (TPSA) is 70.2 Å². The number of amides is 2. The Morgan fingerprint density at radius 2 is 2.12 bits per heavy atom. The molecule has 0 fully saturated rings. The second kappa shape index (κ2) is 7.09. The molecule has 2 aromatic carbocycles. The van der Waals surface area contributed by atoms with E-state index in [1.165, 1.54) is 11.8 Å². The molecule has 5 nitrogen and oxygen atoms in total. The van der Waals surface area contributed by atoms with Gasteiger partial charge in [-0.25, -0.2) is 4.39 Å². The first kappa shape index (κ1) is 17.1. The van der Waals surface area contributed by atoms with E-state index in [9.17, 15) is 14.0 Å². The Bertz CT molecular complexity index is 887. The smallest absolute Gasteiger partial charge is 0.238 e. The van der Waals surface area contributed by atoms with Crippen LogP contribution in [0.25, 0.3) is 0 Å². The van der Waals surface area contributed by atoms with Crippen LogP contribution in [-0.4, -0.2) is 23.6 Å². The fraction of sp³-hybridized carbons (Fsp3) is 0.263. The first-order chi connectivity index (χ1) is 12.6. The van der Waals surface area contributed by atoms with E-state index in [1.807, 2.05) is 30.3 Å². The zero-order chi connectivity index (χ0) is 18.1. The second-order valence-corrected chi connectivity index (χ2v) is 7.58. The van der Waals surface area contributed by atoms with E-state index in [4.69, 9.17) is 0 Å². The molecule has 0 saturated carbocycles. The Morgan fingerprint density at radius 1 is 1.27 bits per heavy atom. The van der Waals surface area contributed by atoms with Crippen molar-refractivity contribution < 1.29 is 14.0 Å². The van der Waals surface area contributed by atoms with Gasteiger partial charge in [0.2, 0.25) is 11.8 Å². The SMILES string of the molecule is O=C(CC1Sc2ccccc2NC1=O)Nc1ccc2c(c1F)CCNC2. The second-order valence-electron chi connectivity index (χ2n) is 6.34. The van der Waals surface area contributed by atoms with Gasteiger partial charge in [0.05, 0.1) is 16.6 Å². The maximum absolute atomic E-state index is 14.6. The molecular weight excluding hydrogens is 353 g/mol. The molecule has 0 aromatic heterocycles. The number of hydrogen-bond acceptors (Lipinski definition) is 4. The number of para-hydroxylation sites is 1. The van der Waals surface area contributed by atoms with Crippen molar-refractivity contribution in [2.45, 2.75) is 29.5 Å². The summed E-state index contributed by atoms with van der Waals surface area (Å²) >= 11 is 1.36. The number of thioether (sulfide) groups is 1. The third kappa shape index (κ3) is 3.32. The maximum Gasteiger partial charge on any atom is 0.238 e. The lowest BCUT2D eigenvalue weighted by Crippen LogP contribution is -2.32. The maximum atomic E-state index is 14.6. The summed E-state index contributed by atoms with van der Waals surface area (Å²) in [7, 11) is 0. The van der Waals surface area contributed by atoms with Crippen molar-refractivity contribution in [1.29, 1.82) is 0 Å². The molecule has 1 unspecified atom stereocenters. The summed E-state index contributed by atoms with van der Waals surface area (Å²) in [5.41, 5.74) is 2.51. The summed E-state index contributed by atoms with van der Waals surface area (Å²) in [5, 5.41) is 8.10. The Balaban J connectivity index is 1.46. The van der Waals surface area contributed by atoms with E-state index in [-0.39, 0.29) is 29.7 Å². The van der Waals surface area contributed by atoms with Crippen LogP contribution in [0.5, 0.6) is 0 Å². The number of benzene rings is 2. The summed E-state index contributed by atoms with van der Waals surface area (Å²) in [6.07, 6.45) is 0.589. The van der Waals surface area contributed by atoms with Gasteiger partial charge in [-0.3, -0.25) is 9.59 Å². The highest BCUT2D eigenvalue weighted by Crippen LogP contribution is 2.36. The van der Waals surface area contributed by atoms with Gasteiger partial charge >= 0.3 is 0 Å². The highest BCUT2D eigenvalue weighted by molar-refractivity contribution is 8.01. The molecule has 7 heteroatoms. The quantitative estimate of drug-likeness (QED) is 0.776. The first-order valence-corrected chi connectivity index (χ1v) is 9.37. The molecule has 4 rings (SSSR count). The Hall–Kier alpha value is -2.38. The van der Waals surface area contributed by atoms with Gasteiger partial charge in [0.15, 0.2) is 0 Å². The predicted octanol–water partition coefficient (Wildman–Crippen LogP) is 2.91. The molecule has 134 valence electrons. The fourth-order valence-corrected chi connectivity index (χ4v) is 4.34. The Labute approximate surface area is 154 Å². The van der Waals surface area contributed by atoms with E-state index >= 15 is 0 Å². The minimum absolute atomic E-state index is 0.0110. The minimum atomic E-state index is -0.533. The molecule has 3 N–H and O–H groups in total. The number of hydrogen-bond donors (Lipinski definition) is 3. The van der Waals surface area contributed by atoms with Crippen LogP contribution in [0.15, 0.2) is 41.3 Å². The Kier molecular flexibility index (Phi) is 4.65. The molecule has 0 saturated heterocycles. The minimum Gasteiger partial charge on any atom is -0.324 e. The van der Waals surface area contributed by atoms with Gasteiger partial charge in [0, 0.05) is 17.9 Å². The lowest BCUT2D eigenvalue weighted by Gasteiger charge is -2.24. The lowest BCUT2D eigenvalue weighted by molar-refractivity contribution is -0.120. The summed E-state index contributed by atoms with van der Waals surface area (Å²) in [4.78, 5) is 25.5. The molecule has 2 heterocycles. The van der Waals surface area contributed by atoms with Crippen LogP contribution in [0, 0.1) is 5.82 Å². The average molecular weight is 371 g/mol. The van der Waals surface area contributed by atoms with Crippen molar-refractivity contribution in [3.05, 3.63) is 53.3 Å². The summed E-state index contributed by atoms with van der Waals surface area (Å²) in [5.74, 6) is -0.950. The number of rotatable bonds is 3. The van der Waals surface area contributed by atoms with Gasteiger partial charge in [-0.2, -0.15) is 0 Å². The number of carbonyl (C=O) groups is 2. The van der Waals surface area contributed by atoms with Crippen molar-refractivity contribution in [2.24, 2.45) is 0 Å². The van der Waals surface area contributed by atoms with E-state index in [0.717, 1.165) is 22.7 Å². The van der Waals surface area contributed by atoms with E-state index in [2.05, 4.69) is 16.0 Å². The number of fused-ring (bicyclic) bond motifs is 2. The van der Waals surface area contributed by atoms with E-state index in [0.29, 0.717) is 18.5 Å². The molecule has 1 atom stereocenters. The van der Waals surface area contributed by atoms with Gasteiger partial charge in [0.1, 0.15) is 5.82 Å². The van der Waals surface area contributed by atoms with Crippen LogP contribution in [0.4, 0.5) is 15.8 Å². The molecule has 2 aliphatic heterocycles. The first-order valence-electron chi connectivity index (χ1n) is 8.49. The van der Waals surface area contributed by atoms with Crippen LogP contribution >= 0.6 is 11.8 Å². The van der Waals surface area contributed by atoms with Gasteiger partial charge < -0.3 is 16.0 Å². The van der Waals surface area contributed by atoms with Crippen molar-refractivity contribution in [2.75, 3.05) is 17.2 Å². The summed E-state index contributed by atoms with van der Waals surface area (Å²) in [6.45, 7) is 1.36. The van der Waals surface area contributed by atoms with Crippen LogP contribution in [0.2, 0.25) is 0 Å². The van der Waals surface area contributed by atoms with Crippen LogP contribution in [0.3, 0.4) is 0 Å². The third-order valence-corrected chi connectivity index (χ3v) is 5.83. The third-order valence-electron chi connectivity index (χ3n) is 4.56. The highest BCUT2D eigenvalue weighted by Gasteiger charge is 2.29. The van der Waals surface area contributed by atoms with Crippen LogP contribution in [-0.2, 0) is 22.6 Å². The average Bonchev–Trinajstić information content (AvgIpc) is 2.65. The van der Waals surface area contributed by atoms with Crippen molar-refractivity contribution >= 4 is 35.0 Å². The van der Waals surface area contributed by atoms with Gasteiger partial charge in [-0.1, -0.05) is 18.2 Å². The summed E-state index contributed by atoms with van der Waals surface area (Å²) < 4.78 is 14.6. The van der Waals surface area contributed by atoms with E-state index < -0.39 is 5.25 Å². The fourth-order valence-electron chi connectivity index (χ4n) is 3.23. The van der Waals surface area contributed by atoms with E-state index in [1.54, 1.807) is 6.07 Å². The molecular formula is C19H18FN3O2S. The van der Waals surface area contributed by atoms with Crippen LogP contribution in [0.1, 0.15) is 17.5 Å². The monoisotopic (exact) mass is 371 g/mol. The largest absolute Gasteiger partial charge is 0.324 e. The zero-order valence-corrected chi connectivity index (χ0v) is 14.8. The molecule has 0 bridgehead atoms. The molecule has 0 spiro atoms. The van der Waals surface area contributed by atoms with Gasteiger partial charge in [0.25, 0.3) is 0 Å².